The molecule has 0 radical (unpaired) electrons. The van der Waals surface area contributed by atoms with Gasteiger partial charge in [-0.05, 0) is 26.3 Å². The minimum atomic E-state index is -1.19. The zero-order valence-corrected chi connectivity index (χ0v) is 30.5. The minimum absolute atomic E-state index is 0.0427. The summed E-state index contributed by atoms with van der Waals surface area (Å²) in [7, 11) is 1.69. The molecule has 0 aromatic carbocycles. The van der Waals surface area contributed by atoms with Crippen LogP contribution in [0.15, 0.2) is 0 Å². The highest BCUT2D eigenvalue weighted by Crippen LogP contribution is 1.99. The molecule has 52 heavy (non-hydrogen) atoms. The van der Waals surface area contributed by atoms with E-state index in [0.29, 0.717) is 105 Å². The number of carbonyl (C=O) groups is 5. The van der Waals surface area contributed by atoms with Crippen molar-refractivity contribution >= 4 is 29.6 Å². The highest BCUT2D eigenvalue weighted by atomic mass is 16.6. The summed E-state index contributed by atoms with van der Waals surface area (Å²) >= 11 is 0. The summed E-state index contributed by atoms with van der Waals surface area (Å²) in [6, 6.07) is -0.350. The number of carboxylic acids is 1. The Balaban J connectivity index is 3.26. The number of carboxylic acid groups (broad SMARTS) is 1. The Kier molecular flexibility index (Phi) is 35.5. The number of aliphatic carboxylic acids is 1. The molecule has 0 bridgehead atoms. The largest absolute Gasteiger partial charge is 0.481 e. The Morgan fingerprint density at radius 3 is 1.21 bits per heavy atom. The van der Waals surface area contributed by atoms with Gasteiger partial charge in [0.1, 0.15) is 19.6 Å². The third-order valence-corrected chi connectivity index (χ3v) is 6.45. The average Bonchev–Trinajstić information content (AvgIpc) is 3.10. The minimum Gasteiger partial charge on any atom is -0.481 e. The van der Waals surface area contributed by atoms with Crippen molar-refractivity contribution in [2.24, 2.45) is 5.73 Å². The summed E-state index contributed by atoms with van der Waals surface area (Å²) in [5.41, 5.74) is 5.27. The van der Waals surface area contributed by atoms with Crippen LogP contribution in [0, 0.1) is 0 Å². The molecule has 304 valence electrons. The van der Waals surface area contributed by atoms with Gasteiger partial charge in [-0.15, -0.1) is 0 Å². The van der Waals surface area contributed by atoms with Crippen molar-refractivity contribution in [2.75, 3.05) is 146 Å². The van der Waals surface area contributed by atoms with Gasteiger partial charge in [-0.3, -0.25) is 24.0 Å². The highest BCUT2D eigenvalue weighted by Gasteiger charge is 2.11. The number of nitrogens with one attached hydrogen (secondary N) is 4. The molecular formula is C32H61N5O15. The van der Waals surface area contributed by atoms with E-state index in [-0.39, 0.29) is 63.3 Å². The van der Waals surface area contributed by atoms with Gasteiger partial charge < -0.3 is 74.7 Å². The van der Waals surface area contributed by atoms with Crippen molar-refractivity contribution < 1.29 is 71.7 Å². The van der Waals surface area contributed by atoms with Crippen molar-refractivity contribution in [2.45, 2.75) is 31.7 Å². The highest BCUT2D eigenvalue weighted by molar-refractivity contribution is 5.93. The molecule has 7 N–H and O–H groups in total. The number of amides is 4. The molecule has 0 saturated heterocycles. The van der Waals surface area contributed by atoms with Crippen LogP contribution >= 0.6 is 0 Å². The van der Waals surface area contributed by atoms with E-state index in [1.807, 2.05) is 0 Å². The molecule has 0 saturated carbocycles. The van der Waals surface area contributed by atoms with E-state index in [0.717, 1.165) is 12.8 Å². The van der Waals surface area contributed by atoms with Crippen molar-refractivity contribution in [1.82, 2.24) is 21.3 Å². The van der Waals surface area contributed by atoms with Gasteiger partial charge >= 0.3 is 5.97 Å². The Hall–Kier alpha value is -3.05. The first-order valence-corrected chi connectivity index (χ1v) is 17.4. The predicted octanol–water partition coefficient (Wildman–Crippen LogP) is -2.80. The molecule has 0 spiro atoms. The fourth-order valence-corrected chi connectivity index (χ4v) is 3.83. The SMILES string of the molecule is CNC(CCCCNC(=O)COCCOCCOCCOCCOCCOCCNC(=O)COCCOCCOCCNC(=O)CC(=O)O)C(N)=O. The number of primary amides is 1. The van der Waals surface area contributed by atoms with Crippen LogP contribution in [-0.4, -0.2) is 186 Å². The van der Waals surface area contributed by atoms with Gasteiger partial charge in [-0.2, -0.15) is 0 Å². The lowest BCUT2D eigenvalue weighted by molar-refractivity contribution is -0.141. The predicted molar refractivity (Wildman–Crippen MR) is 185 cm³/mol. The van der Waals surface area contributed by atoms with E-state index in [4.69, 9.17) is 53.5 Å². The summed E-state index contributed by atoms with van der Waals surface area (Å²) in [5.74, 6) is -2.61. The van der Waals surface area contributed by atoms with Crippen LogP contribution in [0.5, 0.6) is 0 Å². The molecule has 0 aromatic rings. The number of ether oxygens (including phenoxy) is 9. The Labute approximate surface area is 305 Å². The standard InChI is InChI=1S/C32H61N5O15/c1-34-27(32(33)43)4-2-3-5-35-29(39)25-51-22-21-50-19-18-48-17-16-47-15-14-46-12-10-45-9-7-37-30(40)26-52-23-20-49-13-11-44-8-6-36-28(38)24-31(41)42/h27,34H,2-26H2,1H3,(H2,33,43)(H,35,39)(H,36,38)(H,37,40)(H,41,42). The monoisotopic (exact) mass is 755 g/mol. The number of rotatable bonds is 40. The first-order chi connectivity index (χ1) is 25.3. The van der Waals surface area contributed by atoms with Crippen molar-refractivity contribution in [1.29, 1.82) is 0 Å². The van der Waals surface area contributed by atoms with Crippen LogP contribution in [0.4, 0.5) is 0 Å². The molecule has 1 unspecified atom stereocenters. The summed E-state index contributed by atoms with van der Waals surface area (Å²) < 4.78 is 48.2. The molecule has 20 heteroatoms. The molecule has 20 nitrogen and oxygen atoms in total. The maximum absolute atomic E-state index is 11.8. The van der Waals surface area contributed by atoms with Gasteiger partial charge in [0.2, 0.25) is 23.6 Å². The van der Waals surface area contributed by atoms with Crippen molar-refractivity contribution in [3.8, 4) is 0 Å². The fourth-order valence-electron chi connectivity index (χ4n) is 3.83. The molecule has 0 aliphatic rings. The first-order valence-electron chi connectivity index (χ1n) is 17.4. The van der Waals surface area contributed by atoms with Gasteiger partial charge in [0.15, 0.2) is 0 Å². The van der Waals surface area contributed by atoms with E-state index in [1.54, 1.807) is 7.05 Å². The molecule has 0 fully saturated rings. The summed E-state index contributed by atoms with van der Waals surface area (Å²) in [6.07, 6.45) is 1.57. The summed E-state index contributed by atoms with van der Waals surface area (Å²) in [6.45, 7) is 6.56. The molecule has 0 rings (SSSR count). The normalized spacial score (nSPS) is 11.6. The van der Waals surface area contributed by atoms with Gasteiger partial charge in [0.25, 0.3) is 0 Å². The lowest BCUT2D eigenvalue weighted by Crippen LogP contribution is -2.39. The van der Waals surface area contributed by atoms with Crippen LogP contribution in [0.25, 0.3) is 0 Å². The summed E-state index contributed by atoms with van der Waals surface area (Å²) in [4.78, 5) is 56.2. The van der Waals surface area contributed by atoms with Crippen LogP contribution < -0.4 is 27.0 Å². The molecule has 0 aliphatic heterocycles. The number of unbranched alkanes of at least 4 members (excludes halogenated alkanes) is 1. The second-order valence-corrected chi connectivity index (χ2v) is 10.8. The van der Waals surface area contributed by atoms with Gasteiger partial charge in [-0.1, -0.05) is 0 Å². The van der Waals surface area contributed by atoms with Gasteiger partial charge in [-0.25, -0.2) is 0 Å². The van der Waals surface area contributed by atoms with Crippen LogP contribution in [0.2, 0.25) is 0 Å². The number of hydrogen-bond acceptors (Lipinski definition) is 15. The third-order valence-electron chi connectivity index (χ3n) is 6.45. The second-order valence-electron chi connectivity index (χ2n) is 10.8. The van der Waals surface area contributed by atoms with E-state index >= 15 is 0 Å². The maximum atomic E-state index is 11.8. The van der Waals surface area contributed by atoms with Crippen LogP contribution in [0.3, 0.4) is 0 Å². The summed E-state index contributed by atoms with van der Waals surface area (Å²) in [5, 5.41) is 19.2. The third kappa shape index (κ3) is 36.7. The Morgan fingerprint density at radius 2 is 0.846 bits per heavy atom. The Morgan fingerprint density at radius 1 is 0.500 bits per heavy atom. The molecule has 0 aliphatic carbocycles. The van der Waals surface area contributed by atoms with E-state index in [9.17, 15) is 24.0 Å². The average molecular weight is 756 g/mol. The number of hydrogen-bond donors (Lipinski definition) is 6. The quantitative estimate of drug-likeness (QED) is 0.0273. The van der Waals surface area contributed by atoms with Crippen molar-refractivity contribution in [3.05, 3.63) is 0 Å². The lowest BCUT2D eigenvalue weighted by atomic mass is 10.1. The second kappa shape index (κ2) is 37.7. The van der Waals surface area contributed by atoms with E-state index in [1.165, 1.54) is 0 Å². The lowest BCUT2D eigenvalue weighted by Gasteiger charge is -2.12. The maximum Gasteiger partial charge on any atom is 0.312 e. The molecule has 0 heterocycles. The Bertz CT molecular complexity index is 919. The van der Waals surface area contributed by atoms with E-state index in [2.05, 4.69) is 21.3 Å². The smallest absolute Gasteiger partial charge is 0.312 e. The molecule has 1 atom stereocenters. The zero-order chi connectivity index (χ0) is 38.3. The number of carbonyl (C=O) groups excluding carboxylic acids is 4. The van der Waals surface area contributed by atoms with Gasteiger partial charge in [0, 0.05) is 19.6 Å². The van der Waals surface area contributed by atoms with Gasteiger partial charge in [0.05, 0.1) is 112 Å². The molecular weight excluding hydrogens is 694 g/mol. The topological polar surface area (TPSA) is 263 Å². The molecule has 0 aromatic heterocycles. The first kappa shape index (κ1) is 49.0. The van der Waals surface area contributed by atoms with Crippen LogP contribution in [-0.2, 0) is 66.6 Å². The zero-order valence-electron chi connectivity index (χ0n) is 30.5. The molecule has 4 amide bonds. The van der Waals surface area contributed by atoms with Crippen molar-refractivity contribution in [3.63, 3.8) is 0 Å². The number of nitrogens with two attached hydrogens (primary N) is 1. The number of likely N-dealkylation sites (N-methyl/N-ethyl adjacent to an activating group) is 1. The van der Waals surface area contributed by atoms with Crippen LogP contribution in [0.1, 0.15) is 25.7 Å². The fraction of sp³-hybridized carbons (Fsp3) is 0.844. The van der Waals surface area contributed by atoms with E-state index < -0.39 is 18.3 Å².